The quantitative estimate of drug-likeness (QED) is 0.685. The Morgan fingerprint density at radius 1 is 1.56 bits per heavy atom. The number of nitrogens with zero attached hydrogens (tertiary/aromatic N) is 3. The molecule has 0 aliphatic heterocycles. The van der Waals surface area contributed by atoms with Gasteiger partial charge in [0, 0.05) is 15.7 Å². The van der Waals surface area contributed by atoms with E-state index in [0.29, 0.717) is 12.2 Å². The number of nitrogen functional groups attached to an aromatic ring is 1. The zero-order valence-electron chi connectivity index (χ0n) is 9.63. The van der Waals surface area contributed by atoms with Gasteiger partial charge < -0.3 is 10.5 Å². The molecule has 0 fully saturated rings. The van der Waals surface area contributed by atoms with Gasteiger partial charge in [0.25, 0.3) is 5.82 Å². The summed E-state index contributed by atoms with van der Waals surface area (Å²) in [4.78, 5) is 15.1. The summed E-state index contributed by atoms with van der Waals surface area (Å²) in [5.74, 6) is -0.531. The average Bonchev–Trinajstić information content (AvgIpc) is 2.81. The van der Waals surface area contributed by atoms with E-state index in [9.17, 15) is 4.79 Å². The fourth-order valence-corrected chi connectivity index (χ4v) is 1.97. The molecule has 0 saturated heterocycles. The highest BCUT2D eigenvalue weighted by Gasteiger charge is 2.12. The second kappa shape index (κ2) is 5.18. The molecule has 2 rings (SSSR count). The predicted molar refractivity (Wildman–Crippen MR) is 69.0 cm³/mol. The number of hydrogen-bond donors (Lipinski definition) is 1. The highest BCUT2D eigenvalue weighted by atomic mass is 79.9. The summed E-state index contributed by atoms with van der Waals surface area (Å²) < 4.78 is 6.95. The number of esters is 1. The SMILES string of the molecule is COC(=O)c1ncn(Cc2c(N)cccc2Br)n1. The van der Waals surface area contributed by atoms with Crippen LogP contribution in [0.15, 0.2) is 29.0 Å². The van der Waals surface area contributed by atoms with Crippen LogP contribution in [0.4, 0.5) is 5.69 Å². The number of rotatable bonds is 3. The lowest BCUT2D eigenvalue weighted by Crippen LogP contribution is -2.08. The van der Waals surface area contributed by atoms with E-state index in [1.165, 1.54) is 18.1 Å². The van der Waals surface area contributed by atoms with E-state index >= 15 is 0 Å². The van der Waals surface area contributed by atoms with Crippen LogP contribution in [0.2, 0.25) is 0 Å². The van der Waals surface area contributed by atoms with Crippen LogP contribution in [0.3, 0.4) is 0 Å². The summed E-state index contributed by atoms with van der Waals surface area (Å²) in [5.41, 5.74) is 7.42. The number of anilines is 1. The number of carbonyl (C=O) groups excluding carboxylic acids is 1. The molecule has 7 heteroatoms. The molecule has 0 bridgehead atoms. The van der Waals surface area contributed by atoms with E-state index < -0.39 is 5.97 Å². The van der Waals surface area contributed by atoms with E-state index in [1.807, 2.05) is 12.1 Å². The Hall–Kier alpha value is -1.89. The molecule has 1 heterocycles. The number of methoxy groups -OCH3 is 1. The molecule has 18 heavy (non-hydrogen) atoms. The van der Waals surface area contributed by atoms with Crippen molar-refractivity contribution in [1.82, 2.24) is 14.8 Å². The molecule has 0 aliphatic carbocycles. The second-order valence-corrected chi connectivity index (χ2v) is 4.42. The second-order valence-electron chi connectivity index (χ2n) is 3.56. The lowest BCUT2D eigenvalue weighted by molar-refractivity contribution is 0.0586. The highest BCUT2D eigenvalue weighted by molar-refractivity contribution is 9.10. The first-order chi connectivity index (χ1) is 8.61. The molecule has 0 saturated carbocycles. The third-order valence-electron chi connectivity index (χ3n) is 2.38. The molecular weight excluding hydrogens is 300 g/mol. The Morgan fingerprint density at radius 3 is 3.00 bits per heavy atom. The summed E-state index contributed by atoms with van der Waals surface area (Å²) >= 11 is 3.42. The van der Waals surface area contributed by atoms with Gasteiger partial charge in [-0.15, -0.1) is 5.10 Å². The summed E-state index contributed by atoms with van der Waals surface area (Å²) in [5, 5.41) is 4.01. The zero-order chi connectivity index (χ0) is 13.1. The van der Waals surface area contributed by atoms with Gasteiger partial charge in [0.05, 0.1) is 13.7 Å². The molecule has 2 N–H and O–H groups in total. The molecule has 2 aromatic rings. The summed E-state index contributed by atoms with van der Waals surface area (Å²) in [6.07, 6.45) is 1.46. The maximum atomic E-state index is 11.2. The van der Waals surface area contributed by atoms with Crippen LogP contribution in [0, 0.1) is 0 Å². The van der Waals surface area contributed by atoms with Gasteiger partial charge in [-0.1, -0.05) is 22.0 Å². The van der Waals surface area contributed by atoms with E-state index in [-0.39, 0.29) is 5.82 Å². The average molecular weight is 311 g/mol. The van der Waals surface area contributed by atoms with E-state index in [0.717, 1.165) is 10.0 Å². The van der Waals surface area contributed by atoms with E-state index in [2.05, 4.69) is 30.7 Å². The molecule has 0 amide bonds. The highest BCUT2D eigenvalue weighted by Crippen LogP contribution is 2.23. The molecule has 0 radical (unpaired) electrons. The Kier molecular flexibility index (Phi) is 3.61. The molecule has 0 spiro atoms. The fraction of sp³-hybridized carbons (Fsp3) is 0.182. The van der Waals surface area contributed by atoms with Gasteiger partial charge in [0.2, 0.25) is 0 Å². The van der Waals surface area contributed by atoms with Crippen molar-refractivity contribution in [2.75, 3.05) is 12.8 Å². The lowest BCUT2D eigenvalue weighted by Gasteiger charge is -2.07. The van der Waals surface area contributed by atoms with Crippen LogP contribution in [-0.2, 0) is 11.3 Å². The number of aromatic nitrogens is 3. The molecule has 0 unspecified atom stereocenters. The monoisotopic (exact) mass is 310 g/mol. The number of carbonyl (C=O) groups is 1. The Balaban J connectivity index is 2.24. The van der Waals surface area contributed by atoms with Crippen molar-refractivity contribution in [3.8, 4) is 0 Å². The summed E-state index contributed by atoms with van der Waals surface area (Å²) in [6, 6.07) is 5.55. The summed E-state index contributed by atoms with van der Waals surface area (Å²) in [6.45, 7) is 0.428. The normalized spacial score (nSPS) is 10.3. The Labute approximate surface area is 112 Å². The molecule has 1 aromatic heterocycles. The van der Waals surface area contributed by atoms with Crippen LogP contribution in [0.5, 0.6) is 0 Å². The zero-order valence-corrected chi connectivity index (χ0v) is 11.2. The van der Waals surface area contributed by atoms with Gasteiger partial charge in [-0.3, -0.25) is 0 Å². The van der Waals surface area contributed by atoms with Crippen molar-refractivity contribution >= 4 is 27.6 Å². The first-order valence-corrected chi connectivity index (χ1v) is 5.91. The number of nitrogens with two attached hydrogens (primary N) is 1. The maximum absolute atomic E-state index is 11.2. The minimum absolute atomic E-state index is 0.0307. The smallest absolute Gasteiger partial charge is 0.377 e. The van der Waals surface area contributed by atoms with Gasteiger partial charge in [-0.25, -0.2) is 14.5 Å². The minimum Gasteiger partial charge on any atom is -0.463 e. The number of halogens is 1. The topological polar surface area (TPSA) is 83.0 Å². The maximum Gasteiger partial charge on any atom is 0.377 e. The van der Waals surface area contributed by atoms with Gasteiger partial charge in [0.1, 0.15) is 6.33 Å². The van der Waals surface area contributed by atoms with Crippen molar-refractivity contribution in [3.05, 3.63) is 40.4 Å². The first-order valence-electron chi connectivity index (χ1n) is 5.12. The van der Waals surface area contributed by atoms with Crippen molar-refractivity contribution < 1.29 is 9.53 Å². The number of hydrogen-bond acceptors (Lipinski definition) is 5. The largest absolute Gasteiger partial charge is 0.463 e. The number of ether oxygens (including phenoxy) is 1. The third-order valence-corrected chi connectivity index (χ3v) is 3.12. The minimum atomic E-state index is -0.561. The van der Waals surface area contributed by atoms with Gasteiger partial charge in [0.15, 0.2) is 0 Å². The summed E-state index contributed by atoms with van der Waals surface area (Å²) in [7, 11) is 1.29. The van der Waals surface area contributed by atoms with Gasteiger partial charge in [-0.2, -0.15) is 0 Å². The standard InChI is InChI=1S/C11H11BrN4O2/c1-18-11(17)10-14-6-16(15-10)5-7-8(12)3-2-4-9(7)13/h2-4,6H,5,13H2,1H3. The van der Waals surface area contributed by atoms with Crippen molar-refractivity contribution in [2.24, 2.45) is 0 Å². The lowest BCUT2D eigenvalue weighted by atomic mass is 10.2. The molecule has 0 atom stereocenters. The molecular formula is C11H11BrN4O2. The Morgan fingerprint density at radius 2 is 2.33 bits per heavy atom. The van der Waals surface area contributed by atoms with Crippen molar-refractivity contribution in [1.29, 1.82) is 0 Å². The van der Waals surface area contributed by atoms with Crippen molar-refractivity contribution in [2.45, 2.75) is 6.54 Å². The van der Waals surface area contributed by atoms with E-state index in [4.69, 9.17) is 5.73 Å². The van der Waals surface area contributed by atoms with E-state index in [1.54, 1.807) is 6.07 Å². The van der Waals surface area contributed by atoms with Crippen LogP contribution in [0.1, 0.15) is 16.2 Å². The first kappa shape index (κ1) is 12.6. The molecule has 94 valence electrons. The molecule has 6 nitrogen and oxygen atoms in total. The van der Waals surface area contributed by atoms with Crippen molar-refractivity contribution in [3.63, 3.8) is 0 Å². The number of benzene rings is 1. The molecule has 1 aromatic carbocycles. The van der Waals surface area contributed by atoms with Crippen LogP contribution < -0.4 is 5.73 Å². The predicted octanol–water partition coefficient (Wildman–Crippen LogP) is 1.46. The van der Waals surface area contributed by atoms with Crippen LogP contribution >= 0.6 is 15.9 Å². The van der Waals surface area contributed by atoms with Crippen LogP contribution in [-0.4, -0.2) is 27.8 Å². The van der Waals surface area contributed by atoms with Crippen LogP contribution in [0.25, 0.3) is 0 Å². The fourth-order valence-electron chi connectivity index (χ4n) is 1.46. The molecule has 0 aliphatic rings. The van der Waals surface area contributed by atoms with Gasteiger partial charge in [-0.05, 0) is 12.1 Å². The Bertz CT molecular complexity index is 562. The third kappa shape index (κ3) is 2.51. The van der Waals surface area contributed by atoms with Gasteiger partial charge >= 0.3 is 5.97 Å².